The summed E-state index contributed by atoms with van der Waals surface area (Å²) >= 11 is 0. The van der Waals surface area contributed by atoms with E-state index in [0.717, 1.165) is 18.2 Å². The van der Waals surface area contributed by atoms with Crippen LogP contribution >= 0.6 is 0 Å². The van der Waals surface area contributed by atoms with Crippen molar-refractivity contribution in [1.82, 2.24) is 4.90 Å². The molecule has 23 heavy (non-hydrogen) atoms. The smallest absolute Gasteiger partial charge is 0.239 e. The maximum atomic E-state index is 13.0. The normalized spacial score (nSPS) is 23.0. The summed E-state index contributed by atoms with van der Waals surface area (Å²) in [7, 11) is -3.13. The number of hydrogen-bond acceptors (Lipinski definition) is 4. The van der Waals surface area contributed by atoms with Crippen molar-refractivity contribution in [3.63, 3.8) is 0 Å². The van der Waals surface area contributed by atoms with Crippen molar-refractivity contribution in [2.24, 2.45) is 5.73 Å². The fourth-order valence-electron chi connectivity index (χ4n) is 2.99. The number of carbonyl (C=O) groups excluding carboxylic acids is 1. The van der Waals surface area contributed by atoms with Crippen LogP contribution in [-0.4, -0.2) is 49.9 Å². The van der Waals surface area contributed by atoms with E-state index in [1.807, 2.05) is 6.92 Å². The summed E-state index contributed by atoms with van der Waals surface area (Å²) in [5.74, 6) is -0.443. The highest BCUT2D eigenvalue weighted by molar-refractivity contribution is 7.90. The van der Waals surface area contributed by atoms with Crippen LogP contribution < -0.4 is 5.73 Å². The number of halogens is 1. The number of benzene rings is 1. The summed E-state index contributed by atoms with van der Waals surface area (Å²) in [6.07, 6.45) is 2.05. The minimum absolute atomic E-state index is 0.0295. The van der Waals surface area contributed by atoms with Crippen molar-refractivity contribution < 1.29 is 17.6 Å². The third-order valence-electron chi connectivity index (χ3n) is 4.32. The molecular weight excluding hydrogens is 319 g/mol. The number of nitrogens with zero attached hydrogens (tertiary/aromatic N) is 1. The van der Waals surface area contributed by atoms with Crippen LogP contribution in [0.25, 0.3) is 0 Å². The van der Waals surface area contributed by atoms with E-state index < -0.39 is 15.9 Å². The van der Waals surface area contributed by atoms with Crippen LogP contribution in [0.5, 0.6) is 0 Å². The average Bonchev–Trinajstić information content (AvgIpc) is 2.86. The molecule has 0 radical (unpaired) electrons. The molecule has 0 bridgehead atoms. The Morgan fingerprint density at radius 1 is 1.39 bits per heavy atom. The lowest BCUT2D eigenvalue weighted by molar-refractivity contribution is -0.133. The molecule has 1 amide bonds. The second kappa shape index (κ2) is 6.97. The third kappa shape index (κ3) is 4.75. The molecule has 0 saturated carbocycles. The first-order valence-electron chi connectivity index (χ1n) is 7.66. The molecule has 1 fully saturated rings. The second-order valence-electron chi connectivity index (χ2n) is 6.35. The summed E-state index contributed by atoms with van der Waals surface area (Å²) in [4.78, 5) is 14.2. The van der Waals surface area contributed by atoms with E-state index in [4.69, 9.17) is 5.73 Å². The topological polar surface area (TPSA) is 80.5 Å². The van der Waals surface area contributed by atoms with Gasteiger partial charge in [-0.25, -0.2) is 12.8 Å². The molecule has 2 N–H and O–H groups in total. The molecule has 1 aliphatic heterocycles. The largest absolute Gasteiger partial charge is 0.338 e. The summed E-state index contributed by atoms with van der Waals surface area (Å²) < 4.78 is 35.4. The molecule has 0 aliphatic carbocycles. The van der Waals surface area contributed by atoms with Crippen LogP contribution in [0.1, 0.15) is 31.2 Å². The molecule has 1 saturated heterocycles. The number of sulfone groups is 1. The standard InChI is InChI=1S/C16H23FN2O3S/c1-11-9-13(12-3-5-14(17)6-4-12)10-19(11)16(20)15(18)7-8-23(2,21)22/h3-6,11,13,15H,7-10,18H2,1-2H3/t11-,13+,15+/m1/s1. The molecule has 3 atom stereocenters. The molecule has 0 spiro atoms. The van der Waals surface area contributed by atoms with Gasteiger partial charge in [-0.05, 0) is 37.5 Å². The molecule has 0 unspecified atom stereocenters. The van der Waals surface area contributed by atoms with Gasteiger partial charge in [0.2, 0.25) is 5.91 Å². The van der Waals surface area contributed by atoms with E-state index in [1.165, 1.54) is 12.1 Å². The van der Waals surface area contributed by atoms with Gasteiger partial charge in [-0.1, -0.05) is 12.1 Å². The molecule has 2 rings (SSSR count). The van der Waals surface area contributed by atoms with E-state index in [9.17, 15) is 17.6 Å². The number of amides is 1. The Labute approximate surface area is 136 Å². The van der Waals surface area contributed by atoms with Crippen LogP contribution in [0.4, 0.5) is 4.39 Å². The van der Waals surface area contributed by atoms with Crippen LogP contribution in [0.3, 0.4) is 0 Å². The van der Waals surface area contributed by atoms with Crippen LogP contribution in [0, 0.1) is 5.82 Å². The van der Waals surface area contributed by atoms with E-state index in [0.29, 0.717) is 6.54 Å². The van der Waals surface area contributed by atoms with Gasteiger partial charge in [0.15, 0.2) is 0 Å². The van der Waals surface area contributed by atoms with Gasteiger partial charge in [-0.15, -0.1) is 0 Å². The molecule has 0 aromatic heterocycles. The van der Waals surface area contributed by atoms with Crippen LogP contribution in [0.15, 0.2) is 24.3 Å². The lowest BCUT2D eigenvalue weighted by atomic mass is 9.97. The molecule has 7 heteroatoms. The van der Waals surface area contributed by atoms with Gasteiger partial charge >= 0.3 is 0 Å². The number of nitrogens with two attached hydrogens (primary N) is 1. The highest BCUT2D eigenvalue weighted by atomic mass is 32.2. The van der Waals surface area contributed by atoms with Crippen LogP contribution in [-0.2, 0) is 14.6 Å². The molecule has 1 aliphatic rings. The third-order valence-corrected chi connectivity index (χ3v) is 5.29. The van der Waals surface area contributed by atoms with Gasteiger partial charge in [-0.2, -0.15) is 0 Å². The molecule has 1 aromatic carbocycles. The van der Waals surface area contributed by atoms with Crippen molar-refractivity contribution >= 4 is 15.7 Å². The lowest BCUT2D eigenvalue weighted by Gasteiger charge is -2.25. The maximum Gasteiger partial charge on any atom is 0.239 e. The zero-order chi connectivity index (χ0) is 17.2. The lowest BCUT2D eigenvalue weighted by Crippen LogP contribution is -2.46. The summed E-state index contributed by atoms with van der Waals surface area (Å²) in [5, 5.41) is 0. The minimum atomic E-state index is -3.13. The molecule has 1 aromatic rings. The van der Waals surface area contributed by atoms with E-state index in [-0.39, 0.29) is 35.9 Å². The Morgan fingerprint density at radius 3 is 2.57 bits per heavy atom. The highest BCUT2D eigenvalue weighted by Gasteiger charge is 2.35. The minimum Gasteiger partial charge on any atom is -0.338 e. The van der Waals surface area contributed by atoms with E-state index >= 15 is 0 Å². The van der Waals surface area contributed by atoms with Gasteiger partial charge in [0.1, 0.15) is 15.7 Å². The fourth-order valence-corrected chi connectivity index (χ4v) is 3.67. The Balaban J connectivity index is 2.00. The zero-order valence-corrected chi connectivity index (χ0v) is 14.2. The second-order valence-corrected chi connectivity index (χ2v) is 8.61. The predicted octanol–water partition coefficient (Wildman–Crippen LogP) is 1.29. The Bertz CT molecular complexity index is 660. The Morgan fingerprint density at radius 2 is 2.00 bits per heavy atom. The molecular formula is C16H23FN2O3S. The number of rotatable bonds is 5. The Kier molecular flexibility index (Phi) is 5.41. The zero-order valence-electron chi connectivity index (χ0n) is 13.4. The average molecular weight is 342 g/mol. The van der Waals surface area contributed by atoms with Crippen molar-refractivity contribution in [3.05, 3.63) is 35.6 Å². The molecule has 5 nitrogen and oxygen atoms in total. The van der Waals surface area contributed by atoms with Crippen LogP contribution in [0.2, 0.25) is 0 Å². The van der Waals surface area contributed by atoms with E-state index in [1.54, 1.807) is 17.0 Å². The van der Waals surface area contributed by atoms with Gasteiger partial charge < -0.3 is 10.6 Å². The summed E-state index contributed by atoms with van der Waals surface area (Å²) in [6, 6.07) is 5.54. The summed E-state index contributed by atoms with van der Waals surface area (Å²) in [5.41, 5.74) is 6.86. The Hall–Kier alpha value is -1.47. The predicted molar refractivity (Wildman–Crippen MR) is 87.2 cm³/mol. The SMILES string of the molecule is C[C@@H]1C[C@H](c2ccc(F)cc2)CN1C(=O)[C@@H](N)CCS(C)(=O)=O. The van der Waals surface area contributed by atoms with Gasteiger partial charge in [0.25, 0.3) is 0 Å². The summed E-state index contributed by atoms with van der Waals surface area (Å²) in [6.45, 7) is 2.48. The van der Waals surface area contributed by atoms with E-state index in [2.05, 4.69) is 0 Å². The molecule has 1 heterocycles. The first-order chi connectivity index (χ1) is 10.7. The first-order valence-corrected chi connectivity index (χ1v) is 9.72. The van der Waals surface area contributed by atoms with Gasteiger partial charge in [0.05, 0.1) is 11.8 Å². The fraction of sp³-hybridized carbons (Fsp3) is 0.562. The maximum absolute atomic E-state index is 13.0. The van der Waals surface area contributed by atoms with Crippen molar-refractivity contribution in [2.75, 3.05) is 18.6 Å². The quantitative estimate of drug-likeness (QED) is 0.874. The van der Waals surface area contributed by atoms with Crippen molar-refractivity contribution in [1.29, 1.82) is 0 Å². The van der Waals surface area contributed by atoms with Gasteiger partial charge in [-0.3, -0.25) is 4.79 Å². The van der Waals surface area contributed by atoms with Gasteiger partial charge in [0, 0.05) is 24.8 Å². The number of hydrogen-bond donors (Lipinski definition) is 1. The number of likely N-dealkylation sites (tertiary alicyclic amines) is 1. The van der Waals surface area contributed by atoms with Crippen molar-refractivity contribution in [3.8, 4) is 0 Å². The first kappa shape index (κ1) is 17.9. The highest BCUT2D eigenvalue weighted by Crippen LogP contribution is 2.32. The number of carbonyl (C=O) groups is 1. The monoisotopic (exact) mass is 342 g/mol. The van der Waals surface area contributed by atoms with Crippen molar-refractivity contribution in [2.45, 2.75) is 37.8 Å². The molecule has 128 valence electrons.